The molecule has 0 saturated heterocycles. The van der Waals surface area contributed by atoms with Gasteiger partial charge in [-0.25, -0.2) is 0 Å². The molecule has 1 N–H and O–H groups in total. The Kier molecular flexibility index (Phi) is 5.30. The van der Waals surface area contributed by atoms with Gasteiger partial charge >= 0.3 is 5.97 Å². The van der Waals surface area contributed by atoms with E-state index in [1.54, 1.807) is 6.07 Å². The second-order valence-corrected chi connectivity index (χ2v) is 2.79. The number of nitrogens with zero attached hydrogens (tertiary/aromatic N) is 2. The monoisotopic (exact) mass is 198 g/mol. The number of aliphatic carboxylic acids is 1. The molecule has 0 aliphatic rings. The van der Waals surface area contributed by atoms with Gasteiger partial charge in [0.05, 0.1) is 12.5 Å². The van der Waals surface area contributed by atoms with Crippen LogP contribution in [0.25, 0.3) is 0 Å². The first-order chi connectivity index (χ1) is 6.56. The van der Waals surface area contributed by atoms with E-state index in [2.05, 4.69) is 0 Å². The van der Waals surface area contributed by atoms with Crippen LogP contribution in [-0.2, 0) is 9.59 Å². The van der Waals surface area contributed by atoms with Gasteiger partial charge in [0, 0.05) is 13.1 Å². The molecule has 0 aromatic carbocycles. The molecule has 14 heavy (non-hydrogen) atoms. The normalized spacial score (nSPS) is 11.5. The summed E-state index contributed by atoms with van der Waals surface area (Å²) in [6.07, 6.45) is -0.243. The maximum atomic E-state index is 11.4. The molecule has 1 atom stereocenters. The summed E-state index contributed by atoms with van der Waals surface area (Å²) in [4.78, 5) is 23.4. The predicted molar refractivity (Wildman–Crippen MR) is 49.3 cm³/mol. The zero-order valence-electron chi connectivity index (χ0n) is 8.36. The molecule has 78 valence electrons. The number of carboxylic acid groups (broad SMARTS) is 1. The number of carbonyl (C=O) groups excluding carboxylic acids is 1. The van der Waals surface area contributed by atoms with Crippen LogP contribution in [-0.4, -0.2) is 35.0 Å². The van der Waals surface area contributed by atoms with Crippen LogP contribution in [0.5, 0.6) is 0 Å². The minimum atomic E-state index is -1.24. The Morgan fingerprint density at radius 1 is 1.43 bits per heavy atom. The van der Waals surface area contributed by atoms with Crippen LogP contribution in [0.3, 0.4) is 0 Å². The van der Waals surface area contributed by atoms with Crippen molar-refractivity contribution in [3.8, 4) is 6.07 Å². The minimum Gasteiger partial charge on any atom is -0.480 e. The highest BCUT2D eigenvalue weighted by Crippen LogP contribution is 2.05. The summed E-state index contributed by atoms with van der Waals surface area (Å²) < 4.78 is 0. The summed E-state index contributed by atoms with van der Waals surface area (Å²) in [5.74, 6) is -2.76. The highest BCUT2D eigenvalue weighted by atomic mass is 16.4. The van der Waals surface area contributed by atoms with Gasteiger partial charge in [0.25, 0.3) is 0 Å². The average Bonchev–Trinajstić information content (AvgIpc) is 2.15. The third-order valence-electron chi connectivity index (χ3n) is 1.95. The van der Waals surface area contributed by atoms with E-state index in [1.165, 1.54) is 4.90 Å². The van der Waals surface area contributed by atoms with Crippen molar-refractivity contribution in [1.29, 1.82) is 5.26 Å². The van der Waals surface area contributed by atoms with Crippen molar-refractivity contribution in [2.75, 3.05) is 13.1 Å². The summed E-state index contributed by atoms with van der Waals surface area (Å²) in [5, 5.41) is 17.0. The van der Waals surface area contributed by atoms with E-state index in [4.69, 9.17) is 10.4 Å². The van der Waals surface area contributed by atoms with E-state index in [9.17, 15) is 9.59 Å². The molecule has 5 nitrogen and oxygen atoms in total. The van der Waals surface area contributed by atoms with E-state index in [-0.39, 0.29) is 12.3 Å². The zero-order valence-corrected chi connectivity index (χ0v) is 8.36. The van der Waals surface area contributed by atoms with Crippen molar-refractivity contribution in [2.45, 2.75) is 20.3 Å². The maximum Gasteiger partial charge on any atom is 0.321 e. The molecule has 0 spiro atoms. The number of amides is 1. The number of rotatable bonds is 5. The number of nitriles is 1. The third-order valence-corrected chi connectivity index (χ3v) is 1.95. The maximum absolute atomic E-state index is 11.4. The van der Waals surface area contributed by atoms with Crippen molar-refractivity contribution in [3.63, 3.8) is 0 Å². The van der Waals surface area contributed by atoms with Gasteiger partial charge in [-0.05, 0) is 13.8 Å². The van der Waals surface area contributed by atoms with Gasteiger partial charge in [0.1, 0.15) is 0 Å². The first-order valence-corrected chi connectivity index (χ1v) is 4.46. The lowest BCUT2D eigenvalue weighted by atomic mass is 10.1. The van der Waals surface area contributed by atoms with E-state index in [0.717, 1.165) is 0 Å². The molecule has 0 heterocycles. The second kappa shape index (κ2) is 5.97. The van der Waals surface area contributed by atoms with Crippen molar-refractivity contribution >= 4 is 11.9 Å². The molecule has 0 fully saturated rings. The summed E-state index contributed by atoms with van der Waals surface area (Å²) in [5.41, 5.74) is 0. The molecule has 1 unspecified atom stereocenters. The molecule has 0 bridgehead atoms. The van der Waals surface area contributed by atoms with E-state index in [0.29, 0.717) is 13.1 Å². The molecule has 0 radical (unpaired) electrons. The van der Waals surface area contributed by atoms with E-state index < -0.39 is 11.9 Å². The van der Waals surface area contributed by atoms with Crippen molar-refractivity contribution in [1.82, 2.24) is 4.90 Å². The zero-order chi connectivity index (χ0) is 11.1. The fourth-order valence-electron chi connectivity index (χ4n) is 1.07. The Labute approximate surface area is 82.9 Å². The number of carboxylic acids is 1. The number of hydrogen-bond donors (Lipinski definition) is 1. The standard InChI is InChI=1S/C9H14N2O3/c1-3-11(4-2)8(12)5-7(6-10)9(13)14/h7H,3-5H2,1-2H3,(H,13,14). The van der Waals surface area contributed by atoms with Crippen LogP contribution < -0.4 is 0 Å². The fourth-order valence-corrected chi connectivity index (χ4v) is 1.07. The molecule has 0 rings (SSSR count). The first kappa shape index (κ1) is 12.4. The third kappa shape index (κ3) is 3.44. The molecule has 5 heteroatoms. The average molecular weight is 198 g/mol. The smallest absolute Gasteiger partial charge is 0.321 e. The number of carbonyl (C=O) groups is 2. The van der Waals surface area contributed by atoms with Gasteiger partial charge in [-0.2, -0.15) is 5.26 Å². The van der Waals surface area contributed by atoms with Crippen molar-refractivity contribution < 1.29 is 14.7 Å². The van der Waals surface area contributed by atoms with Gasteiger partial charge in [0.2, 0.25) is 5.91 Å². The molecular weight excluding hydrogens is 184 g/mol. The van der Waals surface area contributed by atoms with Crippen LogP contribution in [0, 0.1) is 17.2 Å². The van der Waals surface area contributed by atoms with Crippen molar-refractivity contribution in [3.05, 3.63) is 0 Å². The Hall–Kier alpha value is -1.57. The molecule has 0 aliphatic heterocycles. The van der Waals surface area contributed by atoms with Gasteiger partial charge < -0.3 is 10.0 Å². The molecule has 0 aliphatic carbocycles. The molecule has 1 amide bonds. The lowest BCUT2D eigenvalue weighted by Gasteiger charge is -2.18. The Balaban J connectivity index is 4.30. The highest BCUT2D eigenvalue weighted by molar-refractivity contribution is 5.83. The summed E-state index contributed by atoms with van der Waals surface area (Å²) in [6.45, 7) is 4.69. The Morgan fingerprint density at radius 2 is 1.93 bits per heavy atom. The van der Waals surface area contributed by atoms with Crippen LogP contribution >= 0.6 is 0 Å². The highest BCUT2D eigenvalue weighted by Gasteiger charge is 2.22. The molecule has 0 aromatic rings. The van der Waals surface area contributed by atoms with Crippen LogP contribution in [0.4, 0.5) is 0 Å². The van der Waals surface area contributed by atoms with Crippen LogP contribution in [0.2, 0.25) is 0 Å². The molecular formula is C9H14N2O3. The largest absolute Gasteiger partial charge is 0.480 e. The summed E-state index contributed by atoms with van der Waals surface area (Å²) >= 11 is 0. The molecule has 0 aromatic heterocycles. The van der Waals surface area contributed by atoms with E-state index in [1.807, 2.05) is 13.8 Å². The van der Waals surface area contributed by atoms with Gasteiger partial charge in [-0.3, -0.25) is 9.59 Å². The van der Waals surface area contributed by atoms with E-state index >= 15 is 0 Å². The Morgan fingerprint density at radius 3 is 2.21 bits per heavy atom. The SMILES string of the molecule is CCN(CC)C(=O)CC(C#N)C(=O)O. The Bertz CT molecular complexity index is 253. The van der Waals surface area contributed by atoms with Gasteiger partial charge in [0.15, 0.2) is 5.92 Å². The lowest BCUT2D eigenvalue weighted by molar-refractivity contribution is -0.143. The lowest BCUT2D eigenvalue weighted by Crippen LogP contribution is -2.33. The summed E-state index contributed by atoms with van der Waals surface area (Å²) in [7, 11) is 0. The van der Waals surface area contributed by atoms with Crippen molar-refractivity contribution in [2.24, 2.45) is 5.92 Å². The van der Waals surface area contributed by atoms with Crippen LogP contribution in [0.1, 0.15) is 20.3 Å². The topological polar surface area (TPSA) is 81.4 Å². The quantitative estimate of drug-likeness (QED) is 0.696. The number of hydrogen-bond acceptors (Lipinski definition) is 3. The first-order valence-electron chi connectivity index (χ1n) is 4.46. The van der Waals surface area contributed by atoms with Crippen LogP contribution in [0.15, 0.2) is 0 Å². The fraction of sp³-hybridized carbons (Fsp3) is 0.667. The minimum absolute atomic E-state index is 0.243. The second-order valence-electron chi connectivity index (χ2n) is 2.79. The predicted octanol–water partition coefficient (Wildman–Crippen LogP) is 0.469. The molecule has 0 saturated carbocycles. The summed E-state index contributed by atoms with van der Waals surface area (Å²) in [6, 6.07) is 1.59. The van der Waals surface area contributed by atoms with Gasteiger partial charge in [-0.1, -0.05) is 0 Å². The van der Waals surface area contributed by atoms with Gasteiger partial charge in [-0.15, -0.1) is 0 Å².